The third-order valence-corrected chi connectivity index (χ3v) is 8.18. The lowest BCUT2D eigenvalue weighted by Crippen LogP contribution is -2.50. The number of rotatable bonds is 4. The van der Waals surface area contributed by atoms with Crippen LogP contribution in [0.25, 0.3) is 10.8 Å². The van der Waals surface area contributed by atoms with Crippen LogP contribution in [0.3, 0.4) is 0 Å². The number of fused-ring (bicyclic) bond motifs is 2. The number of ether oxygens (including phenoxy) is 1. The number of hydrogen-bond acceptors (Lipinski definition) is 4. The van der Waals surface area contributed by atoms with Gasteiger partial charge in [0.1, 0.15) is 13.3 Å². The number of piperidine rings is 1. The van der Waals surface area contributed by atoms with E-state index in [1.54, 1.807) is 24.3 Å². The van der Waals surface area contributed by atoms with Gasteiger partial charge in [-0.15, -0.1) is 0 Å². The maximum Gasteiger partial charge on any atom is 0.414 e. The molecule has 1 amide bonds. The predicted octanol–water partition coefficient (Wildman–Crippen LogP) is 4.62. The molecule has 0 aliphatic carbocycles. The molecule has 0 N–H and O–H groups in total. The monoisotopic (exact) mass is 454 g/mol. The van der Waals surface area contributed by atoms with Crippen molar-refractivity contribution in [3.63, 3.8) is 0 Å². The molecule has 3 aromatic carbocycles. The molecule has 0 unspecified atom stereocenters. The maximum absolute atomic E-state index is 13.6. The fourth-order valence-electron chi connectivity index (χ4n) is 4.63. The number of para-hydroxylation sites is 1. The second-order valence-corrected chi connectivity index (χ2v) is 10.1. The number of cyclic esters (lactones) is 1. The smallest absolute Gasteiger partial charge is 0.414 e. The summed E-state index contributed by atoms with van der Waals surface area (Å²) in [5, 5.41) is 1.85. The van der Waals surface area contributed by atoms with Crippen LogP contribution in [0.4, 0.5) is 14.9 Å². The van der Waals surface area contributed by atoms with E-state index in [1.807, 2.05) is 36.4 Å². The number of benzene rings is 3. The highest BCUT2D eigenvalue weighted by Crippen LogP contribution is 2.36. The first-order chi connectivity index (χ1) is 15.5. The molecule has 2 heterocycles. The van der Waals surface area contributed by atoms with Gasteiger partial charge in [-0.1, -0.05) is 48.5 Å². The Morgan fingerprint density at radius 3 is 2.47 bits per heavy atom. The van der Waals surface area contributed by atoms with Gasteiger partial charge in [0.25, 0.3) is 0 Å². The summed E-state index contributed by atoms with van der Waals surface area (Å²) in [5.74, 6) is 0. The molecule has 5 rings (SSSR count). The van der Waals surface area contributed by atoms with Gasteiger partial charge in [0, 0.05) is 30.3 Å². The molecule has 0 aromatic heterocycles. The first-order valence-corrected chi connectivity index (χ1v) is 12.0. The highest BCUT2D eigenvalue weighted by molar-refractivity contribution is 7.89. The number of carbonyl (C=O) groups is 1. The quantitative estimate of drug-likeness (QED) is 0.577. The number of halogens is 1. The van der Waals surface area contributed by atoms with Crippen LogP contribution in [0, 0.1) is 0 Å². The zero-order chi connectivity index (χ0) is 22.3. The van der Waals surface area contributed by atoms with Gasteiger partial charge in [-0.2, -0.15) is 4.31 Å². The van der Waals surface area contributed by atoms with Gasteiger partial charge in [-0.25, -0.2) is 17.6 Å². The summed E-state index contributed by atoms with van der Waals surface area (Å²) in [7, 11) is -3.66. The maximum atomic E-state index is 13.6. The number of carbonyl (C=O) groups excluding carboxylic acids is 1. The number of anilines is 1. The molecule has 1 saturated heterocycles. The molecule has 0 spiro atoms. The number of sulfonamides is 1. The van der Waals surface area contributed by atoms with Crippen LogP contribution in [0.5, 0.6) is 0 Å². The topological polar surface area (TPSA) is 66.9 Å². The molecule has 0 bridgehead atoms. The summed E-state index contributed by atoms with van der Waals surface area (Å²) in [4.78, 5) is 14.4. The predicted molar refractivity (Wildman–Crippen MR) is 120 cm³/mol. The van der Waals surface area contributed by atoms with Gasteiger partial charge in [-0.3, -0.25) is 4.90 Å². The van der Waals surface area contributed by atoms with E-state index in [9.17, 15) is 17.6 Å². The van der Waals surface area contributed by atoms with Gasteiger partial charge in [0.2, 0.25) is 10.0 Å². The molecule has 32 heavy (non-hydrogen) atoms. The molecule has 2 aliphatic heterocycles. The van der Waals surface area contributed by atoms with E-state index < -0.39 is 22.8 Å². The Morgan fingerprint density at radius 1 is 0.969 bits per heavy atom. The van der Waals surface area contributed by atoms with Crippen molar-refractivity contribution in [2.45, 2.75) is 37.1 Å². The van der Waals surface area contributed by atoms with Crippen LogP contribution in [-0.2, 0) is 28.0 Å². The lowest BCUT2D eigenvalue weighted by Gasteiger charge is -2.40. The van der Waals surface area contributed by atoms with Crippen molar-refractivity contribution in [3.05, 3.63) is 71.8 Å². The van der Waals surface area contributed by atoms with Crippen LogP contribution in [0.2, 0.25) is 0 Å². The van der Waals surface area contributed by atoms with E-state index in [1.165, 1.54) is 9.21 Å². The molecule has 3 aromatic rings. The first-order valence-electron chi connectivity index (χ1n) is 10.6. The Bertz CT molecular complexity index is 1270. The lowest BCUT2D eigenvalue weighted by molar-refractivity contribution is 0.135. The summed E-state index contributed by atoms with van der Waals surface area (Å²) >= 11 is 0. The summed E-state index contributed by atoms with van der Waals surface area (Å²) in [6.07, 6.45) is 0.387. The molecule has 166 valence electrons. The minimum atomic E-state index is -3.66. The highest BCUT2D eigenvalue weighted by atomic mass is 32.2. The van der Waals surface area contributed by atoms with Gasteiger partial charge in [0.15, 0.2) is 0 Å². The SMILES string of the molecule is O=C1OCc2cccc(CF)c2N1C1CCN(S(=O)(=O)c2ccc3ccccc3c2)CC1. The average Bonchev–Trinajstić information content (AvgIpc) is 2.83. The number of alkyl halides is 1. The largest absolute Gasteiger partial charge is 0.444 e. The van der Waals surface area contributed by atoms with Crippen molar-refractivity contribution in [1.82, 2.24) is 4.31 Å². The van der Waals surface area contributed by atoms with Crippen LogP contribution >= 0.6 is 0 Å². The molecule has 6 nitrogen and oxygen atoms in total. The molecule has 0 radical (unpaired) electrons. The molecule has 1 fully saturated rings. The molecule has 0 saturated carbocycles. The van der Waals surface area contributed by atoms with Gasteiger partial charge >= 0.3 is 6.09 Å². The minimum absolute atomic E-state index is 0.119. The molecule has 0 atom stereocenters. The zero-order valence-corrected chi connectivity index (χ0v) is 18.2. The molecule has 8 heteroatoms. The molecular formula is C24H23FN2O4S. The van der Waals surface area contributed by atoms with Crippen LogP contribution in [-0.4, -0.2) is 37.9 Å². The van der Waals surface area contributed by atoms with Gasteiger partial charge in [0.05, 0.1) is 10.6 Å². The van der Waals surface area contributed by atoms with E-state index >= 15 is 0 Å². The normalized spacial score (nSPS) is 17.9. The van der Waals surface area contributed by atoms with Crippen molar-refractivity contribution >= 4 is 32.6 Å². The Labute approximate surface area is 186 Å². The van der Waals surface area contributed by atoms with Crippen LogP contribution in [0.15, 0.2) is 65.6 Å². The summed E-state index contributed by atoms with van der Waals surface area (Å²) in [5.41, 5.74) is 1.79. The summed E-state index contributed by atoms with van der Waals surface area (Å²) in [6, 6.07) is 17.8. The van der Waals surface area contributed by atoms with Crippen LogP contribution in [0.1, 0.15) is 24.0 Å². The second-order valence-electron chi connectivity index (χ2n) is 8.13. The summed E-state index contributed by atoms with van der Waals surface area (Å²) < 4.78 is 46.9. The van der Waals surface area contributed by atoms with Crippen LogP contribution < -0.4 is 4.90 Å². The van der Waals surface area contributed by atoms with Crippen molar-refractivity contribution in [1.29, 1.82) is 0 Å². The fourth-order valence-corrected chi connectivity index (χ4v) is 6.13. The minimum Gasteiger partial charge on any atom is -0.444 e. The standard InChI is InChI=1S/C24H23FN2O4S/c25-15-19-6-3-7-20-16-31-24(28)27(23(19)20)21-10-12-26(13-11-21)32(29,30)22-9-8-17-4-1-2-5-18(17)14-22/h1-9,14,21H,10-13,15-16H2. The van der Waals surface area contributed by atoms with E-state index in [-0.39, 0.29) is 30.6 Å². The lowest BCUT2D eigenvalue weighted by atomic mass is 9.99. The van der Waals surface area contributed by atoms with Crippen molar-refractivity contribution < 1.29 is 22.3 Å². The van der Waals surface area contributed by atoms with Gasteiger partial charge in [-0.05, 0) is 35.7 Å². The Kier molecular flexibility index (Phi) is 5.35. The number of nitrogens with zero attached hydrogens (tertiary/aromatic N) is 2. The molecule has 2 aliphatic rings. The third kappa shape index (κ3) is 3.53. The molecular weight excluding hydrogens is 431 g/mol. The second kappa shape index (κ2) is 8.18. The Morgan fingerprint density at radius 2 is 1.72 bits per heavy atom. The van der Waals surface area contributed by atoms with E-state index in [0.717, 1.165) is 16.3 Å². The van der Waals surface area contributed by atoms with E-state index in [0.29, 0.717) is 24.1 Å². The first kappa shape index (κ1) is 20.9. The van der Waals surface area contributed by atoms with Gasteiger partial charge < -0.3 is 4.74 Å². The average molecular weight is 455 g/mol. The fraction of sp³-hybridized carbons (Fsp3) is 0.292. The Balaban J connectivity index is 1.38. The zero-order valence-electron chi connectivity index (χ0n) is 17.4. The van der Waals surface area contributed by atoms with Crippen molar-refractivity contribution in [3.8, 4) is 0 Å². The number of hydrogen-bond donors (Lipinski definition) is 0. The number of amides is 1. The van der Waals surface area contributed by atoms with E-state index in [4.69, 9.17) is 4.74 Å². The summed E-state index contributed by atoms with van der Waals surface area (Å²) in [6.45, 7) is -0.0106. The highest BCUT2D eigenvalue weighted by Gasteiger charge is 2.38. The van der Waals surface area contributed by atoms with Crippen molar-refractivity contribution in [2.75, 3.05) is 18.0 Å². The van der Waals surface area contributed by atoms with E-state index in [2.05, 4.69) is 0 Å². The third-order valence-electron chi connectivity index (χ3n) is 6.28. The van der Waals surface area contributed by atoms with Crippen molar-refractivity contribution in [2.24, 2.45) is 0 Å². The Hall–Kier alpha value is -2.97.